The van der Waals surface area contributed by atoms with Crippen molar-refractivity contribution >= 4 is 35.0 Å². The summed E-state index contributed by atoms with van der Waals surface area (Å²) in [5.74, 6) is -1.40. The largest absolute Gasteiger partial charge is 0.416 e. The second-order valence-corrected chi connectivity index (χ2v) is 6.29. The predicted octanol–water partition coefficient (Wildman–Crippen LogP) is 3.66. The number of hydrogen-bond acceptors (Lipinski definition) is 4. The molecule has 2 rings (SSSR count). The molecule has 2 aromatic carbocycles. The van der Waals surface area contributed by atoms with Gasteiger partial charge in [-0.05, 0) is 42.5 Å². The number of alkyl halides is 3. The van der Waals surface area contributed by atoms with Gasteiger partial charge < -0.3 is 5.32 Å². The molecule has 0 atom stereocenters. The van der Waals surface area contributed by atoms with E-state index < -0.39 is 23.5 Å². The quantitative estimate of drug-likeness (QED) is 0.489. The lowest BCUT2D eigenvalue weighted by Crippen LogP contribution is -2.31. The summed E-state index contributed by atoms with van der Waals surface area (Å²) in [6.45, 7) is 0. The zero-order valence-corrected chi connectivity index (χ0v) is 14.6. The van der Waals surface area contributed by atoms with Crippen molar-refractivity contribution in [3.63, 3.8) is 0 Å². The van der Waals surface area contributed by atoms with Gasteiger partial charge in [-0.2, -0.15) is 13.2 Å². The molecule has 0 spiro atoms. The molecule has 144 valence electrons. The van der Waals surface area contributed by atoms with Crippen LogP contribution in [-0.4, -0.2) is 23.3 Å². The van der Waals surface area contributed by atoms with E-state index in [0.29, 0.717) is 5.69 Å². The fraction of sp³-hybridized carbons (Fsp3) is 0.176. The van der Waals surface area contributed by atoms with Crippen LogP contribution in [0.4, 0.5) is 28.9 Å². The van der Waals surface area contributed by atoms with Crippen LogP contribution < -0.4 is 16.2 Å². The molecule has 0 saturated heterocycles. The molecule has 3 N–H and O–H groups in total. The summed E-state index contributed by atoms with van der Waals surface area (Å²) in [5.41, 5.74) is 4.32. The Balaban J connectivity index is 1.70. The molecule has 0 aliphatic rings. The van der Waals surface area contributed by atoms with Gasteiger partial charge in [0.15, 0.2) is 0 Å². The lowest BCUT2D eigenvalue weighted by Gasteiger charge is -2.11. The topological polar surface area (TPSA) is 70.2 Å². The minimum atomic E-state index is -4.48. The first-order valence-electron chi connectivity index (χ1n) is 7.59. The first-order chi connectivity index (χ1) is 12.7. The lowest BCUT2D eigenvalue weighted by atomic mass is 10.2. The summed E-state index contributed by atoms with van der Waals surface area (Å²) in [5, 5.41) is 2.54. The van der Waals surface area contributed by atoms with Gasteiger partial charge in [-0.25, -0.2) is 4.39 Å². The number of thioether (sulfide) groups is 1. The molecule has 0 bridgehead atoms. The fourth-order valence-electron chi connectivity index (χ4n) is 1.92. The Kier molecular flexibility index (Phi) is 7.05. The highest BCUT2D eigenvalue weighted by Crippen LogP contribution is 2.30. The summed E-state index contributed by atoms with van der Waals surface area (Å²) in [6, 6.07) is 9.59. The van der Waals surface area contributed by atoms with Crippen molar-refractivity contribution < 1.29 is 27.2 Å². The molecule has 0 unspecified atom stereocenters. The number of carbonyl (C=O) groups is 2. The van der Waals surface area contributed by atoms with Crippen LogP contribution in [0, 0.1) is 5.82 Å². The number of hydrazine groups is 1. The van der Waals surface area contributed by atoms with Crippen LogP contribution in [-0.2, 0) is 15.8 Å². The summed E-state index contributed by atoms with van der Waals surface area (Å²) >= 11 is 1.02. The normalized spacial score (nSPS) is 11.0. The van der Waals surface area contributed by atoms with Crippen molar-refractivity contribution in [1.82, 2.24) is 5.43 Å². The maximum Gasteiger partial charge on any atom is 0.416 e. The van der Waals surface area contributed by atoms with Gasteiger partial charge in [-0.15, -0.1) is 11.8 Å². The minimum Gasteiger partial charge on any atom is -0.325 e. The number of anilines is 2. The summed E-state index contributed by atoms with van der Waals surface area (Å²) in [6.07, 6.45) is -4.48. The highest BCUT2D eigenvalue weighted by molar-refractivity contribution is 8.00. The number of carbonyl (C=O) groups excluding carboxylic acids is 2. The molecule has 27 heavy (non-hydrogen) atoms. The standard InChI is InChI=1S/C17H15F4N3O2S/c18-12-4-6-13(7-5-12)22-15(25)9-27-10-16(26)24-23-14-3-1-2-11(8-14)17(19,20)21/h1-8,23H,9-10H2,(H,22,25)(H,24,26). The van der Waals surface area contributed by atoms with Crippen LogP contribution in [0.1, 0.15) is 5.56 Å². The molecule has 2 aromatic rings. The number of nitrogens with one attached hydrogen (secondary N) is 3. The molecule has 0 aliphatic carbocycles. The molecule has 2 amide bonds. The smallest absolute Gasteiger partial charge is 0.325 e. The highest BCUT2D eigenvalue weighted by atomic mass is 32.2. The third kappa shape index (κ3) is 7.18. The number of halogens is 4. The molecule has 5 nitrogen and oxygen atoms in total. The Morgan fingerprint density at radius 1 is 0.926 bits per heavy atom. The van der Waals surface area contributed by atoms with Gasteiger partial charge in [0.25, 0.3) is 0 Å². The van der Waals surface area contributed by atoms with Crippen molar-refractivity contribution in [2.45, 2.75) is 6.18 Å². The highest BCUT2D eigenvalue weighted by Gasteiger charge is 2.30. The van der Waals surface area contributed by atoms with E-state index in [2.05, 4.69) is 16.2 Å². The third-order valence-electron chi connectivity index (χ3n) is 3.13. The first kappa shape index (κ1) is 20.6. The van der Waals surface area contributed by atoms with Crippen LogP contribution in [0.25, 0.3) is 0 Å². The van der Waals surface area contributed by atoms with Crippen molar-refractivity contribution in [2.75, 3.05) is 22.2 Å². The molecular formula is C17H15F4N3O2S. The van der Waals surface area contributed by atoms with E-state index in [-0.39, 0.29) is 23.1 Å². The molecular weight excluding hydrogens is 386 g/mol. The van der Waals surface area contributed by atoms with Gasteiger partial charge in [0.05, 0.1) is 22.8 Å². The van der Waals surface area contributed by atoms with E-state index >= 15 is 0 Å². The molecule has 0 saturated carbocycles. The average Bonchev–Trinajstić information content (AvgIpc) is 2.61. The average molecular weight is 401 g/mol. The van der Waals surface area contributed by atoms with E-state index in [1.54, 1.807) is 0 Å². The monoisotopic (exact) mass is 401 g/mol. The van der Waals surface area contributed by atoms with Crippen LogP contribution in [0.15, 0.2) is 48.5 Å². The van der Waals surface area contributed by atoms with Crippen molar-refractivity contribution in [1.29, 1.82) is 0 Å². The molecule has 10 heteroatoms. The van der Waals surface area contributed by atoms with Crippen LogP contribution in [0.2, 0.25) is 0 Å². The van der Waals surface area contributed by atoms with Crippen molar-refractivity contribution in [2.24, 2.45) is 0 Å². The maximum atomic E-state index is 12.8. The zero-order chi connectivity index (χ0) is 19.9. The van der Waals surface area contributed by atoms with Crippen LogP contribution in [0.3, 0.4) is 0 Å². The van der Waals surface area contributed by atoms with E-state index in [4.69, 9.17) is 0 Å². The Hall–Kier alpha value is -2.75. The Morgan fingerprint density at radius 3 is 2.26 bits per heavy atom. The number of amides is 2. The Labute approximate surface area is 156 Å². The predicted molar refractivity (Wildman–Crippen MR) is 95.6 cm³/mol. The second kappa shape index (κ2) is 9.26. The van der Waals surface area contributed by atoms with E-state index in [0.717, 1.165) is 23.9 Å². The number of benzene rings is 2. The van der Waals surface area contributed by atoms with Gasteiger partial charge in [-0.3, -0.25) is 20.4 Å². The third-order valence-corrected chi connectivity index (χ3v) is 4.06. The fourth-order valence-corrected chi connectivity index (χ4v) is 2.54. The lowest BCUT2D eigenvalue weighted by molar-refractivity contribution is -0.137. The zero-order valence-electron chi connectivity index (χ0n) is 13.8. The van der Waals surface area contributed by atoms with Crippen molar-refractivity contribution in [3.05, 3.63) is 59.9 Å². The SMILES string of the molecule is O=C(CSCC(=O)Nc1ccc(F)cc1)NNc1cccc(C(F)(F)F)c1. The maximum absolute atomic E-state index is 12.8. The second-order valence-electron chi connectivity index (χ2n) is 5.30. The van der Waals surface area contributed by atoms with Gasteiger partial charge in [0.2, 0.25) is 11.8 Å². The summed E-state index contributed by atoms with van der Waals surface area (Å²) in [7, 11) is 0. The molecule has 0 aliphatic heterocycles. The number of rotatable bonds is 7. The summed E-state index contributed by atoms with van der Waals surface area (Å²) in [4.78, 5) is 23.4. The van der Waals surface area contributed by atoms with E-state index in [9.17, 15) is 27.2 Å². The Bertz CT molecular complexity index is 798. The van der Waals surface area contributed by atoms with Gasteiger partial charge in [0, 0.05) is 5.69 Å². The van der Waals surface area contributed by atoms with Gasteiger partial charge in [0.1, 0.15) is 5.82 Å². The molecule has 0 aromatic heterocycles. The molecule has 0 radical (unpaired) electrons. The van der Waals surface area contributed by atoms with Crippen LogP contribution >= 0.6 is 11.8 Å². The van der Waals surface area contributed by atoms with Crippen molar-refractivity contribution in [3.8, 4) is 0 Å². The van der Waals surface area contributed by atoms with Gasteiger partial charge >= 0.3 is 6.18 Å². The molecule has 0 fully saturated rings. The van der Waals surface area contributed by atoms with E-state index in [1.807, 2.05) is 0 Å². The Morgan fingerprint density at radius 2 is 1.59 bits per heavy atom. The first-order valence-corrected chi connectivity index (χ1v) is 8.75. The van der Waals surface area contributed by atoms with E-state index in [1.165, 1.54) is 36.4 Å². The molecule has 0 heterocycles. The minimum absolute atomic E-state index is 0.0195. The van der Waals surface area contributed by atoms with Crippen LogP contribution in [0.5, 0.6) is 0 Å². The van der Waals surface area contributed by atoms with Gasteiger partial charge in [-0.1, -0.05) is 6.07 Å². The number of hydrogen-bond donors (Lipinski definition) is 3. The summed E-state index contributed by atoms with van der Waals surface area (Å²) < 4.78 is 50.6.